The van der Waals surface area contributed by atoms with Crippen LogP contribution in [0.4, 0.5) is 13.6 Å². The minimum Gasteiger partial charge on any atom is -0.352 e. The zero-order chi connectivity index (χ0) is 19.6. The Morgan fingerprint density at radius 3 is 2.63 bits per heavy atom. The molecule has 1 saturated heterocycles. The second-order valence-corrected chi connectivity index (χ2v) is 8.68. The summed E-state index contributed by atoms with van der Waals surface area (Å²) in [5.41, 5.74) is 4.65. The van der Waals surface area contributed by atoms with Crippen molar-refractivity contribution in [2.45, 2.75) is 44.1 Å². The summed E-state index contributed by atoms with van der Waals surface area (Å²) in [5.74, 6) is -2.78. The van der Waals surface area contributed by atoms with Crippen molar-refractivity contribution in [1.29, 1.82) is 0 Å². The Morgan fingerprint density at radius 2 is 2.04 bits per heavy atom. The quantitative estimate of drug-likeness (QED) is 0.769. The molecular weight excluding hydrogens is 376 g/mol. The number of hydrogen-bond donors (Lipinski definition) is 2. The molecular formula is C19H22ClF2N3O2. The number of nitrogens with two attached hydrogens (primary N) is 1. The van der Waals surface area contributed by atoms with E-state index in [1.807, 2.05) is 0 Å². The molecule has 146 valence electrons. The maximum absolute atomic E-state index is 15.0. The summed E-state index contributed by atoms with van der Waals surface area (Å²) in [4.78, 5) is 26.4. The number of primary amides is 1. The third-order valence-electron chi connectivity index (χ3n) is 6.73. The molecule has 2 saturated carbocycles. The molecule has 3 N–H and O–H groups in total. The van der Waals surface area contributed by atoms with Crippen LogP contribution in [0, 0.1) is 23.0 Å². The molecule has 0 radical (unpaired) electrons. The van der Waals surface area contributed by atoms with Gasteiger partial charge in [0.2, 0.25) is 5.91 Å². The van der Waals surface area contributed by atoms with Crippen LogP contribution in [0.1, 0.15) is 44.1 Å². The van der Waals surface area contributed by atoms with E-state index in [0.29, 0.717) is 5.41 Å². The Labute approximate surface area is 161 Å². The predicted octanol–water partition coefficient (Wildman–Crippen LogP) is 3.16. The summed E-state index contributed by atoms with van der Waals surface area (Å²) in [5, 5.41) is 2.18. The van der Waals surface area contributed by atoms with Gasteiger partial charge in [-0.15, -0.1) is 0 Å². The lowest BCUT2D eigenvalue weighted by Gasteiger charge is -2.53. The van der Waals surface area contributed by atoms with E-state index >= 15 is 0 Å². The molecule has 2 aliphatic carbocycles. The molecule has 0 bridgehead atoms. The fourth-order valence-electron chi connectivity index (χ4n) is 5.13. The van der Waals surface area contributed by atoms with Crippen LogP contribution in [-0.4, -0.2) is 35.5 Å². The second kappa shape index (κ2) is 6.06. The number of halogens is 3. The van der Waals surface area contributed by atoms with E-state index in [2.05, 4.69) is 5.32 Å². The highest BCUT2D eigenvalue weighted by Gasteiger charge is 2.61. The van der Waals surface area contributed by atoms with Crippen molar-refractivity contribution in [1.82, 2.24) is 10.2 Å². The zero-order valence-electron chi connectivity index (χ0n) is 15.0. The first-order chi connectivity index (χ1) is 12.7. The van der Waals surface area contributed by atoms with Crippen molar-refractivity contribution in [3.8, 4) is 0 Å². The van der Waals surface area contributed by atoms with Crippen molar-refractivity contribution >= 4 is 23.5 Å². The molecule has 1 unspecified atom stereocenters. The molecule has 5 nitrogen and oxygen atoms in total. The molecule has 0 aromatic heterocycles. The molecule has 2 atom stereocenters. The van der Waals surface area contributed by atoms with Gasteiger partial charge in [-0.1, -0.05) is 17.7 Å². The molecule has 1 spiro atoms. The Kier molecular flexibility index (Phi) is 4.14. The molecule has 3 aliphatic rings. The zero-order valence-corrected chi connectivity index (χ0v) is 15.8. The minimum atomic E-state index is -1.37. The van der Waals surface area contributed by atoms with Gasteiger partial charge < -0.3 is 16.0 Å². The van der Waals surface area contributed by atoms with Crippen LogP contribution in [0.25, 0.3) is 0 Å². The molecule has 3 amide bonds. The van der Waals surface area contributed by atoms with Gasteiger partial charge in [0.15, 0.2) is 0 Å². The van der Waals surface area contributed by atoms with Crippen molar-refractivity contribution in [3.63, 3.8) is 0 Å². The van der Waals surface area contributed by atoms with Crippen molar-refractivity contribution < 1.29 is 18.4 Å². The van der Waals surface area contributed by atoms with E-state index in [1.54, 1.807) is 6.92 Å². The number of piperazine rings is 1. The lowest BCUT2D eigenvalue weighted by Crippen LogP contribution is -2.69. The molecule has 8 heteroatoms. The first-order valence-electron chi connectivity index (χ1n) is 9.18. The van der Waals surface area contributed by atoms with Crippen molar-refractivity contribution in [3.05, 3.63) is 34.4 Å². The molecule has 1 aromatic rings. The van der Waals surface area contributed by atoms with Crippen molar-refractivity contribution in [2.75, 3.05) is 13.1 Å². The van der Waals surface area contributed by atoms with E-state index in [0.717, 1.165) is 31.7 Å². The average molecular weight is 398 g/mol. The summed E-state index contributed by atoms with van der Waals surface area (Å²) < 4.78 is 28.7. The van der Waals surface area contributed by atoms with Gasteiger partial charge in [0.05, 0.1) is 0 Å². The van der Waals surface area contributed by atoms with Crippen LogP contribution in [0.2, 0.25) is 5.02 Å². The van der Waals surface area contributed by atoms with Crippen LogP contribution in [0.15, 0.2) is 12.1 Å². The van der Waals surface area contributed by atoms with E-state index in [4.69, 9.17) is 17.3 Å². The number of nitrogens with zero attached hydrogens (tertiary/aromatic N) is 1. The molecule has 3 fully saturated rings. The van der Waals surface area contributed by atoms with E-state index in [1.165, 1.54) is 11.0 Å². The molecule has 27 heavy (non-hydrogen) atoms. The number of urea groups is 1. The number of nitrogens with one attached hydrogen (secondary N) is 1. The second-order valence-electron chi connectivity index (χ2n) is 8.30. The third-order valence-corrected chi connectivity index (χ3v) is 7.08. The molecule has 4 rings (SSSR count). The lowest BCUT2D eigenvalue weighted by molar-refractivity contribution is -0.137. The highest BCUT2D eigenvalue weighted by molar-refractivity contribution is 6.31. The maximum Gasteiger partial charge on any atom is 0.315 e. The number of carbonyl (C=O) groups excluding carboxylic acids is 2. The fourth-order valence-corrected chi connectivity index (χ4v) is 5.31. The fraction of sp³-hybridized carbons (Fsp3) is 0.579. The highest BCUT2D eigenvalue weighted by atomic mass is 35.5. The van der Waals surface area contributed by atoms with E-state index in [9.17, 15) is 18.4 Å². The molecule has 1 heterocycles. The van der Waals surface area contributed by atoms with Crippen molar-refractivity contribution in [2.24, 2.45) is 17.1 Å². The van der Waals surface area contributed by atoms with Gasteiger partial charge in [0.25, 0.3) is 0 Å². The number of benzene rings is 1. The van der Waals surface area contributed by atoms with Crippen LogP contribution in [0.3, 0.4) is 0 Å². The maximum atomic E-state index is 15.0. The summed E-state index contributed by atoms with van der Waals surface area (Å²) in [6, 6.07) is 1.72. The van der Waals surface area contributed by atoms with E-state index < -0.39 is 34.1 Å². The number of carbonyl (C=O) groups is 2. The number of rotatable bonds is 3. The van der Waals surface area contributed by atoms with Gasteiger partial charge >= 0.3 is 6.03 Å². The van der Waals surface area contributed by atoms with Crippen LogP contribution in [0.5, 0.6) is 0 Å². The Hall–Kier alpha value is -1.89. The van der Waals surface area contributed by atoms with Crippen LogP contribution >= 0.6 is 11.6 Å². The summed E-state index contributed by atoms with van der Waals surface area (Å²) in [6.45, 7) is 2.14. The van der Waals surface area contributed by atoms with Gasteiger partial charge in [0, 0.05) is 19.0 Å². The Morgan fingerprint density at radius 1 is 1.37 bits per heavy atom. The largest absolute Gasteiger partial charge is 0.352 e. The average Bonchev–Trinajstić information content (AvgIpc) is 3.38. The number of hydrogen-bond acceptors (Lipinski definition) is 2. The normalized spacial score (nSPS) is 27.9. The smallest absolute Gasteiger partial charge is 0.315 e. The topological polar surface area (TPSA) is 75.4 Å². The van der Waals surface area contributed by atoms with E-state index in [-0.39, 0.29) is 30.5 Å². The summed E-state index contributed by atoms with van der Waals surface area (Å²) in [7, 11) is 0. The first kappa shape index (κ1) is 18.5. The van der Waals surface area contributed by atoms with Gasteiger partial charge in [-0.25, -0.2) is 13.6 Å². The Bertz CT molecular complexity index is 821. The SMILES string of the molecule is CC1([C@H](c2ccc(F)c(Cl)c2F)C2CC3(CC3)C2)C(=O)NCCN1C(N)=O. The highest BCUT2D eigenvalue weighted by Crippen LogP contribution is 2.67. The lowest BCUT2D eigenvalue weighted by atomic mass is 9.58. The summed E-state index contributed by atoms with van der Waals surface area (Å²) >= 11 is 5.83. The predicted molar refractivity (Wildman–Crippen MR) is 96.2 cm³/mol. The third kappa shape index (κ3) is 2.70. The summed E-state index contributed by atoms with van der Waals surface area (Å²) in [6.07, 6.45) is 3.96. The Balaban J connectivity index is 1.83. The van der Waals surface area contributed by atoms with Gasteiger partial charge in [0.1, 0.15) is 22.2 Å². The molecule has 1 aliphatic heterocycles. The standard InChI is InChI=1S/C19H22ClF2N3O2/c1-18(16(26)24-6-7-25(18)17(23)27)13(10-8-19(9-10)4-5-19)11-2-3-12(21)14(20)15(11)22/h2-3,10,13H,4-9H2,1H3,(H2,23,27)(H,24,26)/t13-,18?/m0/s1. The van der Waals surface area contributed by atoms with Gasteiger partial charge in [-0.3, -0.25) is 4.79 Å². The molecule has 1 aromatic carbocycles. The number of amides is 3. The first-order valence-corrected chi connectivity index (χ1v) is 9.56. The monoisotopic (exact) mass is 397 g/mol. The van der Waals surface area contributed by atoms with Gasteiger partial charge in [-0.2, -0.15) is 0 Å². The van der Waals surface area contributed by atoms with Crippen LogP contribution in [-0.2, 0) is 4.79 Å². The van der Waals surface area contributed by atoms with Crippen LogP contribution < -0.4 is 11.1 Å². The minimum absolute atomic E-state index is 0.0146. The van der Waals surface area contributed by atoms with Gasteiger partial charge in [-0.05, 0) is 55.6 Å².